The molecule has 0 bridgehead atoms. The van der Waals surface area contributed by atoms with Gasteiger partial charge in [-0.05, 0) is 29.8 Å². The van der Waals surface area contributed by atoms with Crippen LogP contribution in [-0.4, -0.2) is 40.1 Å². The Bertz CT molecular complexity index is 826. The number of rotatable bonds is 11. The van der Waals surface area contributed by atoms with Crippen LogP contribution >= 0.6 is 11.8 Å². The molecule has 0 aliphatic heterocycles. The van der Waals surface area contributed by atoms with E-state index >= 15 is 0 Å². The van der Waals surface area contributed by atoms with Gasteiger partial charge in [-0.1, -0.05) is 23.3 Å². The second-order valence-electron chi connectivity index (χ2n) is 5.36. The zero-order valence-electron chi connectivity index (χ0n) is 15.7. The third-order valence-corrected chi connectivity index (χ3v) is 4.63. The molecule has 0 aliphatic carbocycles. The van der Waals surface area contributed by atoms with Gasteiger partial charge in [-0.2, -0.15) is 0 Å². The highest BCUT2D eigenvalue weighted by molar-refractivity contribution is 7.98. The Morgan fingerprint density at radius 1 is 1.11 bits per heavy atom. The van der Waals surface area contributed by atoms with Gasteiger partial charge in [0.1, 0.15) is 17.1 Å². The first kappa shape index (κ1) is 21.4. The van der Waals surface area contributed by atoms with Gasteiger partial charge in [-0.25, -0.2) is 4.79 Å². The molecular weight excluding hydrogens is 382 g/mol. The van der Waals surface area contributed by atoms with E-state index in [-0.39, 0.29) is 25.5 Å². The van der Waals surface area contributed by atoms with Crippen molar-refractivity contribution in [1.82, 2.24) is 0 Å². The fourth-order valence-electron chi connectivity index (χ4n) is 2.37. The Morgan fingerprint density at radius 2 is 1.86 bits per heavy atom. The van der Waals surface area contributed by atoms with Crippen molar-refractivity contribution in [3.05, 3.63) is 64.0 Å². The number of benzene rings is 2. The summed E-state index contributed by atoms with van der Waals surface area (Å²) in [6.07, 6.45) is 0. The van der Waals surface area contributed by atoms with Crippen molar-refractivity contribution < 1.29 is 23.7 Å². The number of ether oxygens (including phenoxy) is 4. The molecule has 0 radical (unpaired) electrons. The van der Waals surface area contributed by atoms with Crippen molar-refractivity contribution >= 4 is 17.7 Å². The molecule has 28 heavy (non-hydrogen) atoms. The van der Waals surface area contributed by atoms with Crippen LogP contribution in [0.3, 0.4) is 0 Å². The van der Waals surface area contributed by atoms with Gasteiger partial charge < -0.3 is 18.9 Å². The molecule has 0 spiro atoms. The predicted octanol–water partition coefficient (Wildman–Crippen LogP) is 4.44. The first-order chi connectivity index (χ1) is 13.7. The molecule has 0 aromatic heterocycles. The Hall–Kier alpha value is -2.87. The lowest BCUT2D eigenvalue weighted by Gasteiger charge is -2.18. The summed E-state index contributed by atoms with van der Waals surface area (Å²) in [5.74, 6) is 0.770. The molecule has 2 rings (SSSR count). The molecular formula is C19H21N3O5S. The lowest BCUT2D eigenvalue weighted by atomic mass is 10.1. The Morgan fingerprint density at radius 3 is 2.54 bits per heavy atom. The largest absolute Gasteiger partial charge is 0.493 e. The summed E-state index contributed by atoms with van der Waals surface area (Å²) in [5, 5.41) is 3.46. The number of carbonyl (C=O) groups excluding carboxylic acids is 1. The van der Waals surface area contributed by atoms with Crippen LogP contribution in [0, 0.1) is 0 Å². The number of azide groups is 1. The molecule has 148 valence electrons. The minimum Gasteiger partial charge on any atom is -0.493 e. The molecule has 2 aromatic rings. The minimum absolute atomic E-state index is 0.00759. The average Bonchev–Trinajstić information content (AvgIpc) is 2.74. The molecule has 0 aliphatic rings. The molecule has 9 heteroatoms. The highest BCUT2D eigenvalue weighted by atomic mass is 32.2. The second-order valence-corrected chi connectivity index (χ2v) is 6.41. The molecule has 8 nitrogen and oxygen atoms in total. The summed E-state index contributed by atoms with van der Waals surface area (Å²) in [4.78, 5) is 16.2. The Labute approximate surface area is 167 Å². The maximum atomic E-state index is 12.5. The molecule has 0 fully saturated rings. The molecule has 0 heterocycles. The topological polar surface area (TPSA) is 103 Å². The zero-order valence-corrected chi connectivity index (χ0v) is 16.5. The van der Waals surface area contributed by atoms with E-state index in [1.54, 1.807) is 23.9 Å². The van der Waals surface area contributed by atoms with E-state index in [0.717, 1.165) is 4.90 Å². The minimum atomic E-state index is -0.532. The lowest BCUT2D eigenvalue weighted by molar-refractivity contribution is 0.0463. The van der Waals surface area contributed by atoms with Crippen molar-refractivity contribution in [1.29, 1.82) is 0 Å². The highest BCUT2D eigenvalue weighted by Gasteiger charge is 2.23. The van der Waals surface area contributed by atoms with E-state index in [9.17, 15) is 4.79 Å². The van der Waals surface area contributed by atoms with Crippen molar-refractivity contribution in [2.75, 3.05) is 34.2 Å². The van der Waals surface area contributed by atoms with Crippen molar-refractivity contribution in [2.24, 2.45) is 5.11 Å². The summed E-state index contributed by atoms with van der Waals surface area (Å²) in [6, 6.07) is 13.1. The Balaban J connectivity index is 2.38. The average molecular weight is 403 g/mol. The maximum absolute atomic E-state index is 12.5. The summed E-state index contributed by atoms with van der Waals surface area (Å²) < 4.78 is 21.2. The van der Waals surface area contributed by atoms with E-state index in [0.29, 0.717) is 22.8 Å². The van der Waals surface area contributed by atoms with Crippen LogP contribution in [0.15, 0.2) is 52.5 Å². The van der Waals surface area contributed by atoms with Crippen molar-refractivity contribution in [2.45, 2.75) is 10.6 Å². The molecule has 0 saturated heterocycles. The van der Waals surface area contributed by atoms with E-state index in [2.05, 4.69) is 10.0 Å². The maximum Gasteiger partial charge on any atom is 0.342 e. The van der Waals surface area contributed by atoms with Crippen LogP contribution in [0.2, 0.25) is 0 Å². The number of carbonyl (C=O) groups is 1. The van der Waals surface area contributed by atoms with Gasteiger partial charge in [0.25, 0.3) is 0 Å². The van der Waals surface area contributed by atoms with E-state index in [4.69, 9.17) is 24.5 Å². The van der Waals surface area contributed by atoms with Gasteiger partial charge in [0.2, 0.25) is 0 Å². The van der Waals surface area contributed by atoms with Crippen LogP contribution in [0.1, 0.15) is 15.9 Å². The normalized spacial score (nSPS) is 10.1. The molecule has 0 saturated carbocycles. The van der Waals surface area contributed by atoms with Crippen LogP contribution in [-0.2, 0) is 15.2 Å². The van der Waals surface area contributed by atoms with Crippen LogP contribution < -0.4 is 9.47 Å². The monoisotopic (exact) mass is 403 g/mol. The lowest BCUT2D eigenvalue weighted by Crippen LogP contribution is -2.12. The molecule has 0 N–H and O–H groups in total. The summed E-state index contributed by atoms with van der Waals surface area (Å²) in [6.45, 7) is 0.357. The fourth-order valence-corrected chi connectivity index (χ4v) is 3.31. The van der Waals surface area contributed by atoms with Crippen molar-refractivity contribution in [3.63, 3.8) is 0 Å². The SMILES string of the molecule is COCOc1ccc(OCCN=[N+]=[N-])c(CSc2ccccc2)c1C(=O)OC. The molecule has 0 amide bonds. The van der Waals surface area contributed by atoms with E-state index in [1.165, 1.54) is 14.2 Å². The number of hydrogen-bond acceptors (Lipinski definition) is 7. The molecule has 2 aromatic carbocycles. The third-order valence-electron chi connectivity index (χ3n) is 3.59. The first-order valence-electron chi connectivity index (χ1n) is 8.38. The van der Waals surface area contributed by atoms with E-state index < -0.39 is 5.97 Å². The summed E-state index contributed by atoms with van der Waals surface area (Å²) in [5.41, 5.74) is 9.32. The number of methoxy groups -OCH3 is 2. The van der Waals surface area contributed by atoms with Crippen LogP contribution in [0.4, 0.5) is 0 Å². The van der Waals surface area contributed by atoms with E-state index in [1.807, 2.05) is 30.3 Å². The fraction of sp³-hybridized carbons (Fsp3) is 0.316. The number of esters is 1. The molecule has 0 atom stereocenters. The van der Waals surface area contributed by atoms with Gasteiger partial charge in [-0.15, -0.1) is 11.8 Å². The first-order valence-corrected chi connectivity index (χ1v) is 9.37. The van der Waals surface area contributed by atoms with Gasteiger partial charge in [0.15, 0.2) is 6.79 Å². The van der Waals surface area contributed by atoms with Gasteiger partial charge in [0.05, 0.1) is 20.3 Å². The van der Waals surface area contributed by atoms with Gasteiger partial charge in [-0.3, -0.25) is 0 Å². The van der Waals surface area contributed by atoms with Crippen molar-refractivity contribution in [3.8, 4) is 11.5 Å². The smallest absolute Gasteiger partial charge is 0.342 e. The zero-order chi connectivity index (χ0) is 20.2. The standard InChI is InChI=1S/C19H21N3O5S/c1-24-13-27-17-9-8-16(26-11-10-21-22-20)15(18(17)19(23)25-2)12-28-14-6-4-3-5-7-14/h3-9H,10-13H2,1-2H3. The molecule has 0 unspecified atom stereocenters. The second kappa shape index (κ2) is 11.8. The van der Waals surface area contributed by atoms with Crippen LogP contribution in [0.5, 0.6) is 11.5 Å². The Kier molecular flexibility index (Phi) is 9.00. The third kappa shape index (κ3) is 6.09. The van der Waals surface area contributed by atoms with Gasteiger partial charge in [0, 0.05) is 28.2 Å². The quantitative estimate of drug-likeness (QED) is 0.105. The van der Waals surface area contributed by atoms with Gasteiger partial charge >= 0.3 is 5.97 Å². The summed E-state index contributed by atoms with van der Waals surface area (Å²) >= 11 is 1.55. The van der Waals surface area contributed by atoms with Crippen LogP contribution in [0.25, 0.3) is 10.4 Å². The number of hydrogen-bond donors (Lipinski definition) is 0. The number of nitrogens with zero attached hydrogens (tertiary/aromatic N) is 3. The number of thioether (sulfide) groups is 1. The predicted molar refractivity (Wildman–Crippen MR) is 106 cm³/mol. The summed E-state index contributed by atoms with van der Waals surface area (Å²) in [7, 11) is 2.81. The highest BCUT2D eigenvalue weighted by Crippen LogP contribution is 2.36.